The van der Waals surface area contributed by atoms with Gasteiger partial charge >= 0.3 is 5.97 Å². The molecule has 0 amide bonds. The van der Waals surface area contributed by atoms with E-state index >= 15 is 0 Å². The van der Waals surface area contributed by atoms with E-state index in [0.29, 0.717) is 16.7 Å². The van der Waals surface area contributed by atoms with Crippen molar-refractivity contribution in [3.8, 4) is 0 Å². The highest BCUT2D eigenvalue weighted by Crippen LogP contribution is 2.17. The van der Waals surface area contributed by atoms with Crippen LogP contribution in [0.2, 0.25) is 0 Å². The molecule has 0 aliphatic carbocycles. The smallest absolute Gasteiger partial charge is 0.360 e. The Kier molecular flexibility index (Phi) is 5.20. The van der Waals surface area contributed by atoms with E-state index in [-0.39, 0.29) is 12.3 Å². The normalized spacial score (nSPS) is 10.8. The molecular weight excluding hydrogens is 437 g/mol. The van der Waals surface area contributed by atoms with Crippen molar-refractivity contribution in [1.29, 1.82) is 0 Å². The Hall–Kier alpha value is -1.87. The molecule has 5 nitrogen and oxygen atoms in total. The number of rotatable bonds is 4. The molecule has 0 saturated heterocycles. The van der Waals surface area contributed by atoms with E-state index in [4.69, 9.17) is 17.0 Å². The minimum atomic E-state index is -0.510. The van der Waals surface area contributed by atoms with Crippen molar-refractivity contribution in [2.75, 3.05) is 6.61 Å². The van der Waals surface area contributed by atoms with E-state index in [1.54, 1.807) is 23.9 Å². The van der Waals surface area contributed by atoms with Crippen molar-refractivity contribution in [1.82, 2.24) is 14.8 Å². The summed E-state index contributed by atoms with van der Waals surface area (Å²) in [5.74, 6) is -0.510. The number of esters is 1. The van der Waals surface area contributed by atoms with Gasteiger partial charge in [-0.1, -0.05) is 24.4 Å². The standard InChI is InChI=1S/C17H14IN3O2S/c1-2-23-17(22)14-15(24)13-4-3-9-19-16(13)21(20-14)10-11-5-7-12(18)8-6-11/h3-9H,2,10H2,1H3. The molecule has 3 aromatic rings. The number of hydrogen-bond acceptors (Lipinski definition) is 5. The molecule has 0 aliphatic heterocycles. The lowest BCUT2D eigenvalue weighted by Gasteiger charge is -2.12. The Bertz CT molecular complexity index is 954. The number of pyridine rings is 1. The summed E-state index contributed by atoms with van der Waals surface area (Å²) in [6.45, 7) is 2.52. The van der Waals surface area contributed by atoms with Crippen LogP contribution < -0.4 is 0 Å². The number of carbonyl (C=O) groups excluding carboxylic acids is 1. The Morgan fingerprint density at radius 2 is 2.04 bits per heavy atom. The Morgan fingerprint density at radius 1 is 1.29 bits per heavy atom. The maximum Gasteiger partial charge on any atom is 0.360 e. The van der Waals surface area contributed by atoms with Crippen molar-refractivity contribution in [2.24, 2.45) is 0 Å². The van der Waals surface area contributed by atoms with Crippen LogP contribution >= 0.6 is 34.8 Å². The summed E-state index contributed by atoms with van der Waals surface area (Å²) in [4.78, 5) is 16.6. The summed E-state index contributed by atoms with van der Waals surface area (Å²) in [5, 5.41) is 5.13. The summed E-state index contributed by atoms with van der Waals surface area (Å²) in [6.07, 6.45) is 1.69. The van der Waals surface area contributed by atoms with Crippen LogP contribution in [0.1, 0.15) is 23.0 Å². The zero-order chi connectivity index (χ0) is 17.1. The van der Waals surface area contributed by atoms with Gasteiger partial charge in [0.2, 0.25) is 0 Å². The Balaban J connectivity index is 2.15. The van der Waals surface area contributed by atoms with Crippen LogP contribution in [0.15, 0.2) is 42.6 Å². The molecule has 0 atom stereocenters. The lowest BCUT2D eigenvalue weighted by molar-refractivity contribution is 0.0516. The monoisotopic (exact) mass is 451 g/mol. The van der Waals surface area contributed by atoms with E-state index in [2.05, 4.69) is 32.7 Å². The number of fused-ring (bicyclic) bond motifs is 1. The van der Waals surface area contributed by atoms with Crippen LogP contribution in [0.3, 0.4) is 0 Å². The van der Waals surface area contributed by atoms with Crippen LogP contribution in [0.5, 0.6) is 0 Å². The van der Waals surface area contributed by atoms with Gasteiger partial charge in [0.05, 0.1) is 17.7 Å². The summed E-state index contributed by atoms with van der Waals surface area (Å²) in [6, 6.07) is 11.7. The lowest BCUT2D eigenvalue weighted by Crippen LogP contribution is -2.16. The van der Waals surface area contributed by atoms with Gasteiger partial charge in [-0.15, -0.1) is 0 Å². The molecular formula is C17H14IN3O2S. The molecule has 2 aromatic heterocycles. The van der Waals surface area contributed by atoms with Gasteiger partial charge in [-0.3, -0.25) is 0 Å². The van der Waals surface area contributed by atoms with Gasteiger partial charge in [-0.25, -0.2) is 14.5 Å². The van der Waals surface area contributed by atoms with Crippen LogP contribution in [0, 0.1) is 8.08 Å². The van der Waals surface area contributed by atoms with Gasteiger partial charge in [0.15, 0.2) is 11.3 Å². The summed E-state index contributed by atoms with van der Waals surface area (Å²) in [7, 11) is 0. The zero-order valence-electron chi connectivity index (χ0n) is 12.9. The van der Waals surface area contributed by atoms with E-state index in [1.165, 1.54) is 0 Å². The number of carbonyl (C=O) groups is 1. The minimum Gasteiger partial charge on any atom is -0.461 e. The quantitative estimate of drug-likeness (QED) is 0.341. The van der Waals surface area contributed by atoms with Gasteiger partial charge < -0.3 is 4.74 Å². The molecule has 0 fully saturated rings. The highest BCUT2D eigenvalue weighted by Gasteiger charge is 2.16. The predicted molar refractivity (Wildman–Crippen MR) is 103 cm³/mol. The molecule has 1 aromatic carbocycles. The van der Waals surface area contributed by atoms with Crippen LogP contribution in [0.4, 0.5) is 0 Å². The second-order valence-corrected chi connectivity index (χ2v) is 6.71. The molecule has 0 saturated carbocycles. The van der Waals surface area contributed by atoms with Crippen molar-refractivity contribution >= 4 is 51.8 Å². The Labute approximate surface area is 157 Å². The van der Waals surface area contributed by atoms with Crippen molar-refractivity contribution in [2.45, 2.75) is 13.5 Å². The summed E-state index contributed by atoms with van der Waals surface area (Å²) >= 11 is 7.67. The first-order valence-corrected chi connectivity index (χ1v) is 8.86. The third kappa shape index (κ3) is 3.46. The van der Waals surface area contributed by atoms with Crippen LogP contribution in [-0.4, -0.2) is 27.3 Å². The predicted octanol–water partition coefficient (Wildman–Crippen LogP) is 3.99. The number of ether oxygens (including phenoxy) is 1. The first-order valence-electron chi connectivity index (χ1n) is 7.37. The summed E-state index contributed by atoms with van der Waals surface area (Å²) < 4.78 is 8.30. The first kappa shape index (κ1) is 17.0. The fourth-order valence-electron chi connectivity index (χ4n) is 2.33. The molecule has 3 rings (SSSR count). The van der Waals surface area contributed by atoms with E-state index in [1.807, 2.05) is 30.3 Å². The third-order valence-electron chi connectivity index (χ3n) is 3.43. The van der Waals surface area contributed by atoms with Gasteiger partial charge in [0, 0.05) is 15.2 Å². The fraction of sp³-hybridized carbons (Fsp3) is 0.176. The first-order chi connectivity index (χ1) is 11.6. The van der Waals surface area contributed by atoms with E-state index in [9.17, 15) is 4.79 Å². The molecule has 24 heavy (non-hydrogen) atoms. The van der Waals surface area contributed by atoms with Gasteiger partial charge in [0.25, 0.3) is 0 Å². The fourth-order valence-corrected chi connectivity index (χ4v) is 2.97. The largest absolute Gasteiger partial charge is 0.461 e. The van der Waals surface area contributed by atoms with Crippen molar-refractivity contribution in [3.05, 3.63) is 61.9 Å². The molecule has 0 aliphatic rings. The van der Waals surface area contributed by atoms with Crippen molar-refractivity contribution in [3.63, 3.8) is 0 Å². The molecule has 0 bridgehead atoms. The van der Waals surface area contributed by atoms with E-state index in [0.717, 1.165) is 14.5 Å². The van der Waals surface area contributed by atoms with Gasteiger partial charge in [-0.05, 0) is 59.3 Å². The van der Waals surface area contributed by atoms with E-state index < -0.39 is 5.97 Å². The molecule has 0 radical (unpaired) electrons. The number of nitrogens with zero attached hydrogens (tertiary/aromatic N) is 3. The van der Waals surface area contributed by atoms with Crippen molar-refractivity contribution < 1.29 is 9.53 Å². The maximum atomic E-state index is 12.2. The second-order valence-electron chi connectivity index (χ2n) is 5.06. The number of aromatic nitrogens is 3. The second kappa shape index (κ2) is 7.35. The topological polar surface area (TPSA) is 57.0 Å². The van der Waals surface area contributed by atoms with Crippen LogP contribution in [0.25, 0.3) is 11.0 Å². The number of halogens is 1. The SMILES string of the molecule is CCOC(=O)c1nn(Cc2ccc(I)cc2)c2ncccc2c1=S. The average Bonchev–Trinajstić information content (AvgIpc) is 2.59. The highest BCUT2D eigenvalue weighted by atomic mass is 127. The third-order valence-corrected chi connectivity index (χ3v) is 4.56. The van der Waals surface area contributed by atoms with Crippen LogP contribution in [-0.2, 0) is 11.3 Å². The average molecular weight is 451 g/mol. The molecule has 0 N–H and O–H groups in total. The molecule has 0 spiro atoms. The van der Waals surface area contributed by atoms with Gasteiger partial charge in [0.1, 0.15) is 0 Å². The molecule has 0 unspecified atom stereocenters. The highest BCUT2D eigenvalue weighted by molar-refractivity contribution is 14.1. The maximum absolute atomic E-state index is 12.2. The molecule has 7 heteroatoms. The molecule has 122 valence electrons. The van der Waals surface area contributed by atoms with Gasteiger partial charge in [-0.2, -0.15) is 5.10 Å². The number of benzene rings is 1. The lowest BCUT2D eigenvalue weighted by atomic mass is 10.2. The molecule has 2 heterocycles. The number of hydrogen-bond donors (Lipinski definition) is 0. The zero-order valence-corrected chi connectivity index (χ0v) is 15.9. The minimum absolute atomic E-state index is 0.151. The Morgan fingerprint density at radius 3 is 2.75 bits per heavy atom. The summed E-state index contributed by atoms with van der Waals surface area (Å²) in [5.41, 5.74) is 1.86.